The lowest BCUT2D eigenvalue weighted by Gasteiger charge is -2.11. The normalized spacial score (nSPS) is 11.8. The summed E-state index contributed by atoms with van der Waals surface area (Å²) in [7, 11) is -3.14. The maximum absolute atomic E-state index is 11.6. The van der Waals surface area contributed by atoms with Crippen molar-refractivity contribution in [3.63, 3.8) is 0 Å². The quantitative estimate of drug-likeness (QED) is 0.871. The van der Waals surface area contributed by atoms with E-state index in [0.29, 0.717) is 11.4 Å². The van der Waals surface area contributed by atoms with Crippen LogP contribution in [-0.4, -0.2) is 21.2 Å². The minimum absolute atomic E-state index is 0.448. The van der Waals surface area contributed by atoms with Crippen LogP contribution in [0.3, 0.4) is 0 Å². The van der Waals surface area contributed by atoms with Crippen LogP contribution in [0.15, 0.2) is 17.0 Å². The van der Waals surface area contributed by atoms with Crippen LogP contribution < -0.4 is 5.73 Å². The van der Waals surface area contributed by atoms with Crippen molar-refractivity contribution in [3.05, 3.63) is 28.8 Å². The van der Waals surface area contributed by atoms with Crippen molar-refractivity contribution in [1.82, 2.24) is 0 Å². The Balaban J connectivity index is 3.28. The van der Waals surface area contributed by atoms with Crippen molar-refractivity contribution >= 4 is 9.84 Å². The van der Waals surface area contributed by atoms with E-state index < -0.39 is 9.84 Å². The predicted octanol–water partition coefficient (Wildman–Crippen LogP) is 1.60. The summed E-state index contributed by atoms with van der Waals surface area (Å²) in [5.74, 6) is 0. The third-order valence-corrected chi connectivity index (χ3v) is 3.91. The molecule has 0 heterocycles. The van der Waals surface area contributed by atoms with Gasteiger partial charge < -0.3 is 5.73 Å². The summed E-state index contributed by atoms with van der Waals surface area (Å²) in [6.07, 6.45) is 2.79. The summed E-state index contributed by atoms with van der Waals surface area (Å²) in [4.78, 5) is 0.448. The van der Waals surface area contributed by atoms with E-state index in [1.807, 2.05) is 19.9 Å². The predicted molar refractivity (Wildman–Crippen MR) is 66.4 cm³/mol. The SMILES string of the molecule is Cc1cc(CCCN)c(S(C)(=O)=O)cc1C. The van der Waals surface area contributed by atoms with E-state index in [-0.39, 0.29) is 0 Å². The summed E-state index contributed by atoms with van der Waals surface area (Å²) in [5.41, 5.74) is 8.47. The van der Waals surface area contributed by atoms with Crippen molar-refractivity contribution in [2.75, 3.05) is 12.8 Å². The Labute approximate surface area is 97.6 Å². The van der Waals surface area contributed by atoms with Crippen LogP contribution in [-0.2, 0) is 16.3 Å². The van der Waals surface area contributed by atoms with Gasteiger partial charge in [0.05, 0.1) is 4.90 Å². The first kappa shape index (κ1) is 13.2. The molecule has 0 saturated heterocycles. The standard InChI is InChI=1S/C12H19NO2S/c1-9-7-11(5-4-6-13)12(8-10(9)2)16(3,14)15/h7-8H,4-6,13H2,1-3H3. The lowest BCUT2D eigenvalue weighted by molar-refractivity contribution is 0.600. The molecule has 4 heteroatoms. The molecule has 2 N–H and O–H groups in total. The third-order valence-electron chi connectivity index (χ3n) is 2.73. The highest BCUT2D eigenvalue weighted by Gasteiger charge is 2.14. The van der Waals surface area contributed by atoms with Crippen LogP contribution in [0, 0.1) is 13.8 Å². The summed E-state index contributed by atoms with van der Waals surface area (Å²) in [5, 5.41) is 0. The van der Waals surface area contributed by atoms with Gasteiger partial charge in [0.1, 0.15) is 0 Å². The molecule has 0 aliphatic rings. The first-order valence-corrected chi connectivity index (χ1v) is 7.25. The molecule has 1 aromatic carbocycles. The third kappa shape index (κ3) is 3.06. The molecule has 1 rings (SSSR count). The largest absolute Gasteiger partial charge is 0.330 e. The Morgan fingerprint density at radius 3 is 2.25 bits per heavy atom. The molecule has 90 valence electrons. The summed E-state index contributed by atoms with van der Waals surface area (Å²) >= 11 is 0. The van der Waals surface area contributed by atoms with Gasteiger partial charge in [-0.1, -0.05) is 6.07 Å². The Morgan fingerprint density at radius 1 is 1.19 bits per heavy atom. The van der Waals surface area contributed by atoms with E-state index in [4.69, 9.17) is 5.73 Å². The summed E-state index contributed by atoms with van der Waals surface area (Å²) in [6, 6.07) is 3.72. The fraction of sp³-hybridized carbons (Fsp3) is 0.500. The number of sulfone groups is 1. The van der Waals surface area contributed by atoms with Gasteiger partial charge in [-0.2, -0.15) is 0 Å². The van der Waals surface area contributed by atoms with Crippen LogP contribution in [0.2, 0.25) is 0 Å². The van der Waals surface area contributed by atoms with Crippen LogP contribution in [0.5, 0.6) is 0 Å². The Hall–Kier alpha value is -0.870. The minimum atomic E-state index is -3.14. The second-order valence-electron chi connectivity index (χ2n) is 4.21. The van der Waals surface area contributed by atoms with Crippen molar-refractivity contribution < 1.29 is 8.42 Å². The van der Waals surface area contributed by atoms with Gasteiger partial charge in [0.15, 0.2) is 9.84 Å². The van der Waals surface area contributed by atoms with Gasteiger partial charge in [0.25, 0.3) is 0 Å². The molecule has 0 aliphatic heterocycles. The number of benzene rings is 1. The average Bonchev–Trinajstić information content (AvgIpc) is 2.17. The maximum Gasteiger partial charge on any atom is 0.175 e. The zero-order valence-electron chi connectivity index (χ0n) is 10.1. The number of hydrogen-bond acceptors (Lipinski definition) is 3. The van der Waals surface area contributed by atoms with E-state index in [1.165, 1.54) is 6.26 Å². The molecule has 16 heavy (non-hydrogen) atoms. The monoisotopic (exact) mass is 241 g/mol. The number of rotatable bonds is 4. The molecule has 3 nitrogen and oxygen atoms in total. The highest BCUT2D eigenvalue weighted by molar-refractivity contribution is 7.90. The fourth-order valence-corrected chi connectivity index (χ4v) is 2.71. The van der Waals surface area contributed by atoms with Gasteiger partial charge in [-0.05, 0) is 56.0 Å². The zero-order chi connectivity index (χ0) is 12.3. The molecule has 0 saturated carbocycles. The first-order valence-electron chi connectivity index (χ1n) is 5.36. The van der Waals surface area contributed by atoms with Crippen molar-refractivity contribution in [2.45, 2.75) is 31.6 Å². The van der Waals surface area contributed by atoms with Crippen LogP contribution in [0.25, 0.3) is 0 Å². The van der Waals surface area contributed by atoms with Crippen molar-refractivity contribution in [3.8, 4) is 0 Å². The number of aryl methyl sites for hydroxylation is 3. The molecular formula is C12H19NO2S. The van der Waals surface area contributed by atoms with Gasteiger partial charge in [0, 0.05) is 6.26 Å². The van der Waals surface area contributed by atoms with E-state index in [0.717, 1.165) is 29.5 Å². The number of nitrogens with two attached hydrogens (primary N) is 1. The smallest absolute Gasteiger partial charge is 0.175 e. The van der Waals surface area contributed by atoms with E-state index in [2.05, 4.69) is 0 Å². The second kappa shape index (κ2) is 4.97. The maximum atomic E-state index is 11.6. The molecular weight excluding hydrogens is 222 g/mol. The van der Waals surface area contributed by atoms with Crippen molar-refractivity contribution in [2.24, 2.45) is 5.73 Å². The average molecular weight is 241 g/mol. The molecule has 0 aliphatic carbocycles. The zero-order valence-corrected chi connectivity index (χ0v) is 10.9. The topological polar surface area (TPSA) is 60.2 Å². The fourth-order valence-electron chi connectivity index (χ4n) is 1.68. The molecule has 0 spiro atoms. The van der Waals surface area contributed by atoms with Gasteiger partial charge in [-0.25, -0.2) is 8.42 Å². The van der Waals surface area contributed by atoms with Crippen LogP contribution >= 0.6 is 0 Å². The van der Waals surface area contributed by atoms with Crippen LogP contribution in [0.4, 0.5) is 0 Å². The molecule has 0 atom stereocenters. The molecule has 0 radical (unpaired) electrons. The molecule has 0 unspecified atom stereocenters. The molecule has 0 amide bonds. The Kier molecular flexibility index (Phi) is 4.10. The van der Waals surface area contributed by atoms with E-state index in [9.17, 15) is 8.42 Å². The second-order valence-corrected chi connectivity index (χ2v) is 6.19. The highest BCUT2D eigenvalue weighted by atomic mass is 32.2. The van der Waals surface area contributed by atoms with Crippen LogP contribution in [0.1, 0.15) is 23.1 Å². The molecule has 1 aromatic rings. The first-order chi connectivity index (χ1) is 7.36. The van der Waals surface area contributed by atoms with E-state index >= 15 is 0 Å². The summed E-state index contributed by atoms with van der Waals surface area (Å²) in [6.45, 7) is 4.50. The highest BCUT2D eigenvalue weighted by Crippen LogP contribution is 2.21. The lowest BCUT2D eigenvalue weighted by Crippen LogP contribution is -2.07. The minimum Gasteiger partial charge on any atom is -0.330 e. The Morgan fingerprint density at radius 2 is 1.75 bits per heavy atom. The van der Waals surface area contributed by atoms with Gasteiger partial charge in [-0.15, -0.1) is 0 Å². The van der Waals surface area contributed by atoms with E-state index in [1.54, 1.807) is 6.07 Å². The molecule has 0 bridgehead atoms. The Bertz CT molecular complexity index is 478. The van der Waals surface area contributed by atoms with Gasteiger partial charge in [0.2, 0.25) is 0 Å². The molecule has 0 fully saturated rings. The number of hydrogen-bond donors (Lipinski definition) is 1. The van der Waals surface area contributed by atoms with Gasteiger partial charge in [-0.3, -0.25) is 0 Å². The van der Waals surface area contributed by atoms with Crippen molar-refractivity contribution in [1.29, 1.82) is 0 Å². The molecule has 0 aromatic heterocycles. The van der Waals surface area contributed by atoms with Gasteiger partial charge >= 0.3 is 0 Å². The summed E-state index contributed by atoms with van der Waals surface area (Å²) < 4.78 is 23.3. The lowest BCUT2D eigenvalue weighted by atomic mass is 10.0.